The standard InChI is InChI=1S/C14H20N2O/c1-4-8-14(17)15-11-13(16(2)3)12-9-6-5-7-10-12/h4-10,13H,11H2,1-3H3,(H,15,17)/b8-4+. The average Bonchev–Trinajstić information content (AvgIpc) is 2.30. The molecule has 0 saturated carbocycles. The lowest BCUT2D eigenvalue weighted by Crippen LogP contribution is -2.33. The van der Waals surface area contributed by atoms with Crippen molar-refractivity contribution in [2.75, 3.05) is 20.6 Å². The Kier molecular flexibility index (Phi) is 5.43. The lowest BCUT2D eigenvalue weighted by molar-refractivity contribution is -0.116. The van der Waals surface area contributed by atoms with E-state index < -0.39 is 0 Å². The number of amides is 1. The highest BCUT2D eigenvalue weighted by Gasteiger charge is 2.13. The summed E-state index contributed by atoms with van der Waals surface area (Å²) in [5.74, 6) is -0.0460. The van der Waals surface area contributed by atoms with Crippen molar-refractivity contribution in [1.29, 1.82) is 0 Å². The molecule has 1 atom stereocenters. The molecule has 1 aromatic rings. The van der Waals surface area contributed by atoms with Crippen LogP contribution in [0.15, 0.2) is 42.5 Å². The second-order valence-electron chi connectivity index (χ2n) is 4.14. The number of nitrogens with one attached hydrogen (secondary N) is 1. The molecule has 0 heterocycles. The Bertz CT molecular complexity index is 371. The number of likely N-dealkylation sites (N-methyl/N-ethyl adjacent to an activating group) is 1. The summed E-state index contributed by atoms with van der Waals surface area (Å²) in [7, 11) is 4.03. The summed E-state index contributed by atoms with van der Waals surface area (Å²) in [4.78, 5) is 13.5. The maximum absolute atomic E-state index is 11.4. The molecular formula is C14H20N2O. The summed E-state index contributed by atoms with van der Waals surface area (Å²) in [5, 5.41) is 2.90. The van der Waals surface area contributed by atoms with Crippen molar-refractivity contribution in [3.8, 4) is 0 Å². The van der Waals surface area contributed by atoms with Gasteiger partial charge in [0.2, 0.25) is 5.91 Å². The SMILES string of the molecule is C/C=C/C(=O)NCC(c1ccccc1)N(C)C. The van der Waals surface area contributed by atoms with Gasteiger partial charge in [-0.3, -0.25) is 4.79 Å². The van der Waals surface area contributed by atoms with E-state index in [0.717, 1.165) is 0 Å². The molecule has 1 unspecified atom stereocenters. The fourth-order valence-corrected chi connectivity index (χ4v) is 1.68. The van der Waals surface area contributed by atoms with E-state index in [0.29, 0.717) is 6.54 Å². The number of hydrogen-bond acceptors (Lipinski definition) is 2. The number of benzene rings is 1. The van der Waals surface area contributed by atoms with Gasteiger partial charge >= 0.3 is 0 Å². The van der Waals surface area contributed by atoms with Crippen LogP contribution in [0, 0.1) is 0 Å². The number of rotatable bonds is 5. The Morgan fingerprint density at radius 3 is 2.53 bits per heavy atom. The van der Waals surface area contributed by atoms with Gasteiger partial charge in [-0.2, -0.15) is 0 Å². The molecule has 0 bridgehead atoms. The van der Waals surface area contributed by atoms with E-state index in [1.807, 2.05) is 39.2 Å². The first kappa shape index (κ1) is 13.5. The zero-order chi connectivity index (χ0) is 12.7. The van der Waals surface area contributed by atoms with Crippen LogP contribution < -0.4 is 5.32 Å². The van der Waals surface area contributed by atoms with E-state index in [1.165, 1.54) is 11.6 Å². The van der Waals surface area contributed by atoms with Crippen LogP contribution in [0.3, 0.4) is 0 Å². The van der Waals surface area contributed by atoms with Crippen LogP contribution in [0.2, 0.25) is 0 Å². The second kappa shape index (κ2) is 6.86. The summed E-state index contributed by atoms with van der Waals surface area (Å²) >= 11 is 0. The maximum Gasteiger partial charge on any atom is 0.243 e. The van der Waals surface area contributed by atoms with Crippen molar-refractivity contribution >= 4 is 5.91 Å². The van der Waals surface area contributed by atoms with Gasteiger partial charge in [0.15, 0.2) is 0 Å². The number of allylic oxidation sites excluding steroid dienone is 1. The fraction of sp³-hybridized carbons (Fsp3) is 0.357. The van der Waals surface area contributed by atoms with Gasteiger partial charge in [-0.05, 0) is 32.7 Å². The van der Waals surface area contributed by atoms with E-state index in [1.54, 1.807) is 6.08 Å². The van der Waals surface area contributed by atoms with Gasteiger partial charge in [-0.25, -0.2) is 0 Å². The monoisotopic (exact) mass is 232 g/mol. The Morgan fingerprint density at radius 1 is 1.35 bits per heavy atom. The van der Waals surface area contributed by atoms with Gasteiger partial charge in [-0.15, -0.1) is 0 Å². The Morgan fingerprint density at radius 2 is 2.00 bits per heavy atom. The van der Waals surface area contributed by atoms with E-state index >= 15 is 0 Å². The van der Waals surface area contributed by atoms with Crippen LogP contribution in [0.5, 0.6) is 0 Å². The van der Waals surface area contributed by atoms with E-state index in [-0.39, 0.29) is 11.9 Å². The van der Waals surface area contributed by atoms with Crippen LogP contribution in [0.1, 0.15) is 18.5 Å². The van der Waals surface area contributed by atoms with Gasteiger partial charge in [0.1, 0.15) is 0 Å². The zero-order valence-electron chi connectivity index (χ0n) is 10.7. The molecule has 0 fully saturated rings. The van der Waals surface area contributed by atoms with Gasteiger partial charge in [0.05, 0.1) is 6.04 Å². The number of nitrogens with zero attached hydrogens (tertiary/aromatic N) is 1. The highest BCUT2D eigenvalue weighted by atomic mass is 16.1. The van der Waals surface area contributed by atoms with Crippen molar-refractivity contribution in [3.63, 3.8) is 0 Å². The number of hydrogen-bond donors (Lipinski definition) is 1. The molecule has 1 amide bonds. The third kappa shape index (κ3) is 4.41. The molecule has 3 nitrogen and oxygen atoms in total. The predicted molar refractivity (Wildman–Crippen MR) is 70.7 cm³/mol. The summed E-state index contributed by atoms with van der Waals surface area (Å²) < 4.78 is 0. The molecule has 1 rings (SSSR count). The minimum atomic E-state index is -0.0460. The summed E-state index contributed by atoms with van der Waals surface area (Å²) in [6, 6.07) is 10.4. The number of carbonyl (C=O) groups is 1. The first-order valence-electron chi connectivity index (χ1n) is 5.77. The summed E-state index contributed by atoms with van der Waals surface area (Å²) in [6.07, 6.45) is 3.28. The van der Waals surface area contributed by atoms with Crippen molar-refractivity contribution < 1.29 is 4.79 Å². The highest BCUT2D eigenvalue weighted by molar-refractivity contribution is 5.87. The van der Waals surface area contributed by atoms with Crippen LogP contribution in [-0.4, -0.2) is 31.4 Å². The topological polar surface area (TPSA) is 32.3 Å². The van der Waals surface area contributed by atoms with Crippen molar-refractivity contribution in [3.05, 3.63) is 48.0 Å². The zero-order valence-corrected chi connectivity index (χ0v) is 10.7. The predicted octanol–water partition coefficient (Wildman–Crippen LogP) is 1.98. The van der Waals surface area contributed by atoms with Crippen molar-refractivity contribution in [2.45, 2.75) is 13.0 Å². The molecule has 0 aliphatic rings. The summed E-state index contributed by atoms with van der Waals surface area (Å²) in [6.45, 7) is 2.44. The third-order valence-corrected chi connectivity index (χ3v) is 2.60. The normalized spacial score (nSPS) is 12.9. The molecule has 0 aliphatic carbocycles. The first-order chi connectivity index (χ1) is 8.15. The molecule has 92 valence electrons. The van der Waals surface area contributed by atoms with Gasteiger partial charge in [0, 0.05) is 6.54 Å². The molecule has 17 heavy (non-hydrogen) atoms. The molecule has 0 radical (unpaired) electrons. The first-order valence-corrected chi connectivity index (χ1v) is 5.77. The lowest BCUT2D eigenvalue weighted by atomic mass is 10.1. The van der Waals surface area contributed by atoms with E-state index in [4.69, 9.17) is 0 Å². The van der Waals surface area contributed by atoms with E-state index in [2.05, 4.69) is 22.3 Å². The Hall–Kier alpha value is -1.61. The lowest BCUT2D eigenvalue weighted by Gasteiger charge is -2.24. The fourth-order valence-electron chi connectivity index (χ4n) is 1.68. The minimum Gasteiger partial charge on any atom is -0.351 e. The van der Waals surface area contributed by atoms with E-state index in [9.17, 15) is 4.79 Å². The average molecular weight is 232 g/mol. The largest absolute Gasteiger partial charge is 0.351 e. The van der Waals surface area contributed by atoms with Crippen LogP contribution in [0.25, 0.3) is 0 Å². The molecule has 0 aromatic heterocycles. The van der Waals surface area contributed by atoms with Crippen LogP contribution >= 0.6 is 0 Å². The molecule has 3 heteroatoms. The van der Waals surface area contributed by atoms with Gasteiger partial charge < -0.3 is 10.2 Å². The van der Waals surface area contributed by atoms with Crippen LogP contribution in [-0.2, 0) is 4.79 Å². The molecule has 0 saturated heterocycles. The smallest absolute Gasteiger partial charge is 0.243 e. The quantitative estimate of drug-likeness (QED) is 0.787. The highest BCUT2D eigenvalue weighted by Crippen LogP contribution is 2.16. The molecule has 0 aliphatic heterocycles. The Labute approximate surface area is 103 Å². The minimum absolute atomic E-state index is 0.0460. The third-order valence-electron chi connectivity index (χ3n) is 2.60. The molecule has 1 aromatic carbocycles. The summed E-state index contributed by atoms with van der Waals surface area (Å²) in [5.41, 5.74) is 1.21. The van der Waals surface area contributed by atoms with Crippen LogP contribution in [0.4, 0.5) is 0 Å². The molecular weight excluding hydrogens is 212 g/mol. The van der Waals surface area contributed by atoms with Gasteiger partial charge in [-0.1, -0.05) is 36.4 Å². The van der Waals surface area contributed by atoms with Crippen molar-refractivity contribution in [1.82, 2.24) is 10.2 Å². The molecule has 1 N–H and O–H groups in total. The van der Waals surface area contributed by atoms with Crippen molar-refractivity contribution in [2.24, 2.45) is 0 Å². The maximum atomic E-state index is 11.4. The second-order valence-corrected chi connectivity index (χ2v) is 4.14. The number of carbonyl (C=O) groups excluding carboxylic acids is 1. The van der Waals surface area contributed by atoms with Gasteiger partial charge in [0.25, 0.3) is 0 Å². The molecule has 0 spiro atoms. The Balaban J connectivity index is 2.65.